The number of hydrogen-bond donors (Lipinski definition) is 2. The van der Waals surface area contributed by atoms with Crippen LogP contribution in [0.4, 0.5) is 0 Å². The topological polar surface area (TPSA) is 78.2 Å². The van der Waals surface area contributed by atoms with Crippen molar-refractivity contribution in [3.8, 4) is 0 Å². The van der Waals surface area contributed by atoms with Crippen LogP contribution in [0.5, 0.6) is 0 Å². The second kappa shape index (κ2) is 4.75. The first kappa shape index (κ1) is 15.5. The molecule has 0 amide bonds. The number of ketones is 2. The smallest absolute Gasteiger partial charge is 0.145 e. The summed E-state index contributed by atoms with van der Waals surface area (Å²) in [7, 11) is 0. The molecule has 0 heterocycles. The van der Waals surface area contributed by atoms with Gasteiger partial charge in [-0.05, 0) is 48.9 Å². The van der Waals surface area contributed by atoms with Crippen molar-refractivity contribution in [1.82, 2.24) is 0 Å². The molecular weight excluding hydrogens is 290 g/mol. The molecule has 4 heteroatoms. The van der Waals surface area contributed by atoms with Crippen LogP contribution in [0.1, 0.15) is 58.8 Å². The summed E-state index contributed by atoms with van der Waals surface area (Å²) in [5.41, 5.74) is 0.197. The van der Waals surface area contributed by atoms with E-state index in [0.717, 1.165) is 19.3 Å². The Morgan fingerprint density at radius 3 is 2.65 bits per heavy atom. The highest BCUT2D eigenvalue weighted by Gasteiger charge is 2.63. The number of carbonyl (C=O) groups excluding carboxylic acids is 2. The summed E-state index contributed by atoms with van der Waals surface area (Å²) in [5.74, 6) is 1.27. The monoisotopic (exact) mass is 317 g/mol. The average Bonchev–Trinajstić information content (AvgIpc) is 2.71. The van der Waals surface area contributed by atoms with Gasteiger partial charge in [-0.25, -0.2) is 0 Å². The summed E-state index contributed by atoms with van der Waals surface area (Å²) in [6.45, 7) is 4.30. The maximum absolute atomic E-state index is 12.5. The van der Waals surface area contributed by atoms with E-state index in [1.807, 2.05) is 6.92 Å². The number of fused-ring (bicyclic) bond motifs is 5. The molecule has 4 nitrogen and oxygen atoms in total. The Hall–Kier alpha value is -1.03. The van der Waals surface area contributed by atoms with Crippen molar-refractivity contribution in [2.75, 3.05) is 0 Å². The highest BCUT2D eigenvalue weighted by molar-refractivity contribution is 6.12. The fourth-order valence-electron chi connectivity index (χ4n) is 6.74. The second-order valence-electron chi connectivity index (χ2n) is 8.99. The predicted molar refractivity (Wildman–Crippen MR) is 86.2 cm³/mol. The molecule has 4 aliphatic carbocycles. The molecule has 4 saturated carbocycles. The first-order valence-electron chi connectivity index (χ1n) is 9.08. The minimum Gasteiger partial charge on any atom is -0.393 e. The van der Waals surface area contributed by atoms with Gasteiger partial charge in [0.15, 0.2) is 0 Å². The third-order valence-electron chi connectivity index (χ3n) is 8.03. The van der Waals surface area contributed by atoms with Crippen LogP contribution in [0, 0.1) is 39.9 Å². The number of aliphatic hydroxyl groups is 1. The van der Waals surface area contributed by atoms with Crippen LogP contribution in [-0.2, 0) is 9.59 Å². The highest BCUT2D eigenvalue weighted by atomic mass is 16.3. The summed E-state index contributed by atoms with van der Waals surface area (Å²) in [5, 5.41) is 19.2. The van der Waals surface area contributed by atoms with E-state index in [-0.39, 0.29) is 40.2 Å². The van der Waals surface area contributed by atoms with Crippen molar-refractivity contribution in [3.05, 3.63) is 0 Å². The number of Topliss-reactive ketones (excluding diaryl/α,β-unsaturated/α-hetero) is 2. The first-order valence-corrected chi connectivity index (χ1v) is 9.08. The van der Waals surface area contributed by atoms with E-state index in [1.165, 1.54) is 0 Å². The summed E-state index contributed by atoms with van der Waals surface area (Å²) in [6, 6.07) is 0. The van der Waals surface area contributed by atoms with Gasteiger partial charge in [0.25, 0.3) is 0 Å². The molecule has 23 heavy (non-hydrogen) atoms. The molecule has 7 atom stereocenters. The van der Waals surface area contributed by atoms with E-state index in [4.69, 9.17) is 5.41 Å². The molecule has 0 aliphatic heterocycles. The molecule has 126 valence electrons. The van der Waals surface area contributed by atoms with Crippen molar-refractivity contribution in [2.24, 2.45) is 34.5 Å². The van der Waals surface area contributed by atoms with Gasteiger partial charge in [-0.2, -0.15) is 0 Å². The van der Waals surface area contributed by atoms with E-state index >= 15 is 0 Å². The standard InChI is InChI=1S/C19H27NO3/c1-18-5-3-10(21)7-13(18)15(22)8-11-12(18)4-6-19(2)16(23)9-14(20)17(11)19/h11-13,15,17,20,22H,3-9H2,1-2H3/t11-,12+,13-,15?,17-,18-,19-/m1/s1. The minimum absolute atomic E-state index is 0.0104. The molecule has 0 aromatic heterocycles. The molecule has 4 aliphatic rings. The van der Waals surface area contributed by atoms with Crippen LogP contribution in [0.25, 0.3) is 0 Å². The Morgan fingerprint density at radius 1 is 1.17 bits per heavy atom. The number of rotatable bonds is 0. The molecule has 2 N–H and O–H groups in total. The minimum atomic E-state index is -0.462. The fraction of sp³-hybridized carbons (Fsp3) is 0.842. The SMILES string of the molecule is C[C@]12CCC(=O)C[C@@H]1C(O)C[C@@H]1[C@@H]2CC[C@]2(C)C(=O)CC(=N)[C@@H]12. The largest absolute Gasteiger partial charge is 0.393 e. The van der Waals surface area contributed by atoms with Crippen LogP contribution >= 0.6 is 0 Å². The lowest BCUT2D eigenvalue weighted by molar-refractivity contribution is -0.160. The van der Waals surface area contributed by atoms with Crippen molar-refractivity contribution in [3.63, 3.8) is 0 Å². The van der Waals surface area contributed by atoms with Crippen molar-refractivity contribution < 1.29 is 14.7 Å². The molecule has 0 aromatic carbocycles. The summed E-state index contributed by atoms with van der Waals surface area (Å²) < 4.78 is 0. The first-order chi connectivity index (χ1) is 10.8. The van der Waals surface area contributed by atoms with Gasteiger partial charge in [-0.15, -0.1) is 0 Å². The number of nitrogens with one attached hydrogen (secondary N) is 1. The van der Waals surface area contributed by atoms with Crippen LogP contribution in [0.2, 0.25) is 0 Å². The average molecular weight is 317 g/mol. The zero-order valence-electron chi connectivity index (χ0n) is 14.1. The zero-order chi connectivity index (χ0) is 16.6. The molecule has 0 bridgehead atoms. The number of aliphatic hydroxyl groups excluding tert-OH is 1. The van der Waals surface area contributed by atoms with Gasteiger partial charge in [0, 0.05) is 36.3 Å². The van der Waals surface area contributed by atoms with Crippen LogP contribution in [-0.4, -0.2) is 28.5 Å². The maximum Gasteiger partial charge on any atom is 0.145 e. The molecule has 0 spiro atoms. The van der Waals surface area contributed by atoms with Gasteiger partial charge in [0.1, 0.15) is 11.6 Å². The van der Waals surface area contributed by atoms with Crippen LogP contribution in [0.3, 0.4) is 0 Å². The van der Waals surface area contributed by atoms with Crippen molar-refractivity contribution >= 4 is 17.3 Å². The lowest BCUT2D eigenvalue weighted by atomic mass is 9.44. The van der Waals surface area contributed by atoms with Gasteiger partial charge in [0.05, 0.1) is 6.10 Å². The Morgan fingerprint density at radius 2 is 1.91 bits per heavy atom. The lowest BCUT2D eigenvalue weighted by Gasteiger charge is -2.60. The maximum atomic E-state index is 12.5. The predicted octanol–water partition coefficient (Wildman–Crippen LogP) is 2.77. The van der Waals surface area contributed by atoms with E-state index in [2.05, 4.69) is 6.92 Å². The normalized spacial score (nSPS) is 52.8. The Bertz CT molecular complexity index is 599. The third-order valence-corrected chi connectivity index (χ3v) is 8.03. The van der Waals surface area contributed by atoms with E-state index in [1.54, 1.807) is 0 Å². The summed E-state index contributed by atoms with van der Waals surface area (Å²) in [6.07, 6.45) is 4.38. The Kier molecular flexibility index (Phi) is 3.20. The zero-order valence-corrected chi connectivity index (χ0v) is 14.1. The highest BCUT2D eigenvalue weighted by Crippen LogP contribution is 2.64. The van der Waals surface area contributed by atoms with E-state index < -0.39 is 6.10 Å². The van der Waals surface area contributed by atoms with Gasteiger partial charge in [-0.3, -0.25) is 9.59 Å². The van der Waals surface area contributed by atoms with Crippen LogP contribution in [0.15, 0.2) is 0 Å². The van der Waals surface area contributed by atoms with Crippen LogP contribution < -0.4 is 0 Å². The lowest BCUT2D eigenvalue weighted by Crippen LogP contribution is -2.58. The van der Waals surface area contributed by atoms with Gasteiger partial charge < -0.3 is 10.5 Å². The molecule has 4 rings (SSSR count). The third kappa shape index (κ3) is 1.90. The summed E-state index contributed by atoms with van der Waals surface area (Å²) >= 11 is 0. The molecule has 4 fully saturated rings. The number of carbonyl (C=O) groups is 2. The van der Waals surface area contributed by atoms with Gasteiger partial charge >= 0.3 is 0 Å². The Balaban J connectivity index is 1.73. The molecular formula is C19H27NO3. The second-order valence-corrected chi connectivity index (χ2v) is 8.99. The number of hydrogen-bond acceptors (Lipinski definition) is 4. The summed E-state index contributed by atoms with van der Waals surface area (Å²) in [4.78, 5) is 24.4. The molecule has 0 aromatic rings. The fourth-order valence-corrected chi connectivity index (χ4v) is 6.74. The van der Waals surface area contributed by atoms with Gasteiger partial charge in [-0.1, -0.05) is 13.8 Å². The van der Waals surface area contributed by atoms with Crippen molar-refractivity contribution in [2.45, 2.75) is 64.9 Å². The Labute approximate surface area is 137 Å². The van der Waals surface area contributed by atoms with Gasteiger partial charge in [0.2, 0.25) is 0 Å². The van der Waals surface area contributed by atoms with E-state index in [0.29, 0.717) is 37.3 Å². The molecule has 1 unspecified atom stereocenters. The molecule has 0 radical (unpaired) electrons. The van der Waals surface area contributed by atoms with Crippen molar-refractivity contribution in [1.29, 1.82) is 5.41 Å². The quantitative estimate of drug-likeness (QED) is 0.721. The molecule has 0 saturated heterocycles. The van der Waals surface area contributed by atoms with E-state index in [9.17, 15) is 14.7 Å².